The van der Waals surface area contributed by atoms with Gasteiger partial charge >= 0.3 is 0 Å². The molecule has 0 saturated heterocycles. The maximum absolute atomic E-state index is 12.5. The first-order chi connectivity index (χ1) is 13.0. The molecule has 2 heterocycles. The molecule has 0 aliphatic heterocycles. The predicted molar refractivity (Wildman–Crippen MR) is 99.1 cm³/mol. The van der Waals surface area contributed by atoms with Crippen molar-refractivity contribution in [2.24, 2.45) is 5.10 Å². The van der Waals surface area contributed by atoms with Crippen molar-refractivity contribution in [1.82, 2.24) is 30.7 Å². The number of nitrogens with one attached hydrogen (secondary N) is 1. The third-order valence-electron chi connectivity index (χ3n) is 3.49. The molecule has 0 saturated carbocycles. The molecule has 0 aliphatic carbocycles. The van der Waals surface area contributed by atoms with Crippen molar-refractivity contribution in [3.63, 3.8) is 0 Å². The van der Waals surface area contributed by atoms with Gasteiger partial charge in [0.25, 0.3) is 5.91 Å². The van der Waals surface area contributed by atoms with Crippen LogP contribution in [0.1, 0.15) is 35.1 Å². The van der Waals surface area contributed by atoms with Gasteiger partial charge in [-0.2, -0.15) is 9.78 Å². The number of rotatable bonds is 6. The van der Waals surface area contributed by atoms with E-state index >= 15 is 0 Å². The summed E-state index contributed by atoms with van der Waals surface area (Å²) in [5.41, 5.74) is 9.29. The Morgan fingerprint density at radius 2 is 2.22 bits per heavy atom. The van der Waals surface area contributed by atoms with Crippen LogP contribution >= 0.6 is 23.2 Å². The number of hydrogen-bond acceptors (Lipinski definition) is 8. The molecule has 0 atom stereocenters. The molecule has 0 unspecified atom stereocenters. The van der Waals surface area contributed by atoms with Crippen molar-refractivity contribution in [2.75, 3.05) is 5.73 Å². The first-order valence-electron chi connectivity index (χ1n) is 7.82. The van der Waals surface area contributed by atoms with E-state index in [0.29, 0.717) is 27.7 Å². The first kappa shape index (κ1) is 18.8. The van der Waals surface area contributed by atoms with E-state index in [0.717, 1.165) is 6.42 Å². The lowest BCUT2D eigenvalue weighted by Crippen LogP contribution is -2.20. The summed E-state index contributed by atoms with van der Waals surface area (Å²) in [6, 6.07) is 4.92. The zero-order chi connectivity index (χ0) is 19.4. The Morgan fingerprint density at radius 1 is 1.41 bits per heavy atom. The Bertz CT molecular complexity index is 998. The summed E-state index contributed by atoms with van der Waals surface area (Å²) in [7, 11) is 0. The Balaban J connectivity index is 1.81. The predicted octanol–water partition coefficient (Wildman–Crippen LogP) is 2.26. The third kappa shape index (κ3) is 4.07. The van der Waals surface area contributed by atoms with Gasteiger partial charge in [-0.1, -0.05) is 47.8 Å². The SMILES string of the molecule is CCCc1c(C(=O)N/N=C/c2ccc(Cl)cc2Cl)nnn1-c1nonc1N. The lowest BCUT2D eigenvalue weighted by molar-refractivity contribution is 0.0949. The fourth-order valence-electron chi connectivity index (χ4n) is 2.27. The van der Waals surface area contributed by atoms with Crippen LogP contribution < -0.4 is 11.2 Å². The van der Waals surface area contributed by atoms with Crippen LogP contribution in [0.25, 0.3) is 5.82 Å². The number of nitrogens with zero attached hydrogens (tertiary/aromatic N) is 6. The molecule has 1 amide bonds. The summed E-state index contributed by atoms with van der Waals surface area (Å²) in [5.74, 6) is -0.331. The van der Waals surface area contributed by atoms with Crippen LogP contribution in [0.15, 0.2) is 27.9 Å². The first-order valence-corrected chi connectivity index (χ1v) is 8.58. The molecule has 1 aromatic carbocycles. The number of nitrogens with two attached hydrogens (primary N) is 1. The monoisotopic (exact) mass is 408 g/mol. The van der Waals surface area contributed by atoms with E-state index in [1.807, 2.05) is 6.92 Å². The molecule has 27 heavy (non-hydrogen) atoms. The second-order valence-corrected chi connectivity index (χ2v) is 6.23. The number of hydrogen-bond donors (Lipinski definition) is 2. The fourth-order valence-corrected chi connectivity index (χ4v) is 2.72. The van der Waals surface area contributed by atoms with Gasteiger partial charge in [0.1, 0.15) is 0 Å². The minimum absolute atomic E-state index is 0.0413. The lowest BCUT2D eigenvalue weighted by atomic mass is 10.2. The quantitative estimate of drug-likeness (QED) is 0.471. The number of halogens is 2. The molecule has 0 radical (unpaired) electrons. The van der Waals surface area contributed by atoms with Crippen LogP contribution in [0.3, 0.4) is 0 Å². The van der Waals surface area contributed by atoms with Gasteiger partial charge in [-0.05, 0) is 28.9 Å². The summed E-state index contributed by atoms with van der Waals surface area (Å²) < 4.78 is 5.90. The molecule has 0 fully saturated rings. The minimum atomic E-state index is -0.541. The highest BCUT2D eigenvalue weighted by Gasteiger charge is 2.23. The van der Waals surface area contributed by atoms with Gasteiger partial charge in [0.05, 0.1) is 16.9 Å². The maximum atomic E-state index is 12.5. The van der Waals surface area contributed by atoms with Crippen molar-refractivity contribution in [3.8, 4) is 5.82 Å². The summed E-state index contributed by atoms with van der Waals surface area (Å²) in [5, 5.41) is 19.8. The largest absolute Gasteiger partial charge is 0.378 e. The summed E-state index contributed by atoms with van der Waals surface area (Å²) in [6.07, 6.45) is 2.65. The average molecular weight is 409 g/mol. The molecule has 3 rings (SSSR count). The van der Waals surface area contributed by atoms with Gasteiger partial charge in [0.15, 0.2) is 5.69 Å². The Labute approximate surface area is 163 Å². The van der Waals surface area contributed by atoms with Gasteiger partial charge in [-0.25, -0.2) is 10.1 Å². The lowest BCUT2D eigenvalue weighted by Gasteiger charge is -2.03. The molecular weight excluding hydrogens is 395 g/mol. The van der Waals surface area contributed by atoms with Crippen molar-refractivity contribution in [2.45, 2.75) is 19.8 Å². The molecule has 0 bridgehead atoms. The van der Waals surface area contributed by atoms with E-state index in [4.69, 9.17) is 28.9 Å². The van der Waals surface area contributed by atoms with E-state index in [2.05, 4.69) is 35.8 Å². The summed E-state index contributed by atoms with van der Waals surface area (Å²) in [4.78, 5) is 12.5. The highest BCUT2D eigenvalue weighted by molar-refractivity contribution is 6.36. The van der Waals surface area contributed by atoms with Crippen LogP contribution in [-0.2, 0) is 6.42 Å². The van der Waals surface area contributed by atoms with Crippen molar-refractivity contribution in [3.05, 3.63) is 45.2 Å². The topological polar surface area (TPSA) is 137 Å². The number of carbonyl (C=O) groups excluding carboxylic acids is 1. The van der Waals surface area contributed by atoms with E-state index in [1.165, 1.54) is 10.9 Å². The molecule has 3 aromatic rings. The highest BCUT2D eigenvalue weighted by atomic mass is 35.5. The number of hydrazone groups is 1. The molecule has 0 spiro atoms. The van der Waals surface area contributed by atoms with Crippen molar-refractivity contribution in [1.29, 1.82) is 0 Å². The van der Waals surface area contributed by atoms with Crippen LogP contribution in [0.4, 0.5) is 5.82 Å². The van der Waals surface area contributed by atoms with E-state index in [-0.39, 0.29) is 17.3 Å². The van der Waals surface area contributed by atoms with Crippen LogP contribution in [0.2, 0.25) is 10.0 Å². The molecule has 12 heteroatoms. The number of aromatic nitrogens is 5. The number of amides is 1. The van der Waals surface area contributed by atoms with E-state index in [9.17, 15) is 4.79 Å². The number of nitrogen functional groups attached to an aromatic ring is 1. The van der Waals surface area contributed by atoms with Gasteiger partial charge in [0.2, 0.25) is 11.6 Å². The minimum Gasteiger partial charge on any atom is -0.378 e. The second-order valence-electron chi connectivity index (χ2n) is 5.38. The number of benzene rings is 1. The Kier molecular flexibility index (Phi) is 5.67. The molecule has 3 N–H and O–H groups in total. The van der Waals surface area contributed by atoms with E-state index < -0.39 is 5.91 Å². The molecular formula is C15H14Cl2N8O2. The molecule has 10 nitrogen and oxygen atoms in total. The van der Waals surface area contributed by atoms with Crippen LogP contribution in [0, 0.1) is 0 Å². The molecule has 2 aromatic heterocycles. The normalized spacial score (nSPS) is 11.2. The van der Waals surface area contributed by atoms with Gasteiger partial charge < -0.3 is 5.73 Å². The molecule has 140 valence electrons. The van der Waals surface area contributed by atoms with Crippen LogP contribution in [0.5, 0.6) is 0 Å². The van der Waals surface area contributed by atoms with Gasteiger partial charge in [-0.3, -0.25) is 4.79 Å². The number of anilines is 1. The second kappa shape index (κ2) is 8.14. The molecule has 0 aliphatic rings. The maximum Gasteiger partial charge on any atom is 0.293 e. The van der Waals surface area contributed by atoms with Crippen molar-refractivity contribution < 1.29 is 9.42 Å². The zero-order valence-corrected chi connectivity index (χ0v) is 15.6. The van der Waals surface area contributed by atoms with E-state index in [1.54, 1.807) is 18.2 Å². The van der Waals surface area contributed by atoms with Crippen molar-refractivity contribution >= 4 is 41.1 Å². The number of carbonyl (C=O) groups is 1. The standard InChI is InChI=1S/C15H14Cl2N8O2/c1-2-3-11-12(20-24-25(11)14-13(18)22-27-23-14)15(26)21-19-7-8-4-5-9(16)6-10(8)17/h4-7H,2-3H2,1H3,(H2,18,22)(H,21,26)/b19-7+. The fraction of sp³-hybridized carbons (Fsp3) is 0.200. The average Bonchev–Trinajstić information content (AvgIpc) is 3.23. The smallest absolute Gasteiger partial charge is 0.293 e. The Hall–Kier alpha value is -2.98. The van der Waals surface area contributed by atoms with Gasteiger partial charge in [-0.15, -0.1) is 5.10 Å². The summed E-state index contributed by atoms with van der Waals surface area (Å²) in [6.45, 7) is 1.95. The zero-order valence-electron chi connectivity index (χ0n) is 14.1. The highest BCUT2D eigenvalue weighted by Crippen LogP contribution is 2.19. The third-order valence-corrected chi connectivity index (χ3v) is 4.06. The van der Waals surface area contributed by atoms with Gasteiger partial charge in [0, 0.05) is 10.6 Å². The summed E-state index contributed by atoms with van der Waals surface area (Å²) >= 11 is 11.9. The van der Waals surface area contributed by atoms with Crippen LogP contribution in [-0.4, -0.2) is 37.4 Å². The Morgan fingerprint density at radius 3 is 2.89 bits per heavy atom.